The summed E-state index contributed by atoms with van der Waals surface area (Å²) in [5, 5.41) is 3.29. The lowest BCUT2D eigenvalue weighted by Crippen LogP contribution is -2.32. The van der Waals surface area contributed by atoms with Crippen molar-refractivity contribution in [2.24, 2.45) is 0 Å². The van der Waals surface area contributed by atoms with E-state index >= 15 is 0 Å². The van der Waals surface area contributed by atoms with Gasteiger partial charge in [-0.15, -0.1) is 0 Å². The molecule has 0 fully saturated rings. The van der Waals surface area contributed by atoms with Crippen LogP contribution in [0.1, 0.15) is 13.8 Å². The van der Waals surface area contributed by atoms with E-state index in [0.29, 0.717) is 5.88 Å². The fourth-order valence-corrected chi connectivity index (χ4v) is 1.41. The van der Waals surface area contributed by atoms with Crippen LogP contribution in [-0.2, 0) is 0 Å². The normalized spacial score (nSPS) is 10.2. The maximum absolute atomic E-state index is 5.06. The number of nitrogens with one attached hydrogen (secondary N) is 1. The van der Waals surface area contributed by atoms with Crippen molar-refractivity contribution in [2.45, 2.75) is 13.8 Å². The highest BCUT2D eigenvalue weighted by atomic mass is 16.5. The van der Waals surface area contributed by atoms with Crippen LogP contribution in [-0.4, -0.2) is 43.3 Å². The number of ether oxygens (including phenoxy) is 1. The topological polar surface area (TPSA) is 50.3 Å². The minimum atomic E-state index is 0.555. The number of methoxy groups -OCH3 is 1. The fraction of sp³-hybridized carbons (Fsp3) is 0.636. The summed E-state index contributed by atoms with van der Waals surface area (Å²) in [6, 6.07) is 0. The molecule has 0 aliphatic heterocycles. The number of hydrogen-bond acceptors (Lipinski definition) is 5. The molecule has 0 atom stereocenters. The highest BCUT2D eigenvalue weighted by molar-refractivity contribution is 5.37. The Labute approximate surface area is 96.8 Å². The van der Waals surface area contributed by atoms with Crippen LogP contribution in [0.4, 0.5) is 5.82 Å². The lowest BCUT2D eigenvalue weighted by atomic mass is 10.4. The average molecular weight is 224 g/mol. The first-order chi connectivity index (χ1) is 7.81. The maximum atomic E-state index is 5.06. The van der Waals surface area contributed by atoms with Gasteiger partial charge in [0.1, 0.15) is 0 Å². The third kappa shape index (κ3) is 3.66. The molecule has 5 nitrogen and oxygen atoms in total. The van der Waals surface area contributed by atoms with Gasteiger partial charge in [-0.3, -0.25) is 4.98 Å². The molecule has 0 aliphatic carbocycles. The molecule has 0 saturated carbocycles. The smallest absolute Gasteiger partial charge is 0.233 e. The van der Waals surface area contributed by atoms with Crippen LogP contribution in [0.2, 0.25) is 0 Å². The van der Waals surface area contributed by atoms with Gasteiger partial charge in [0.15, 0.2) is 5.82 Å². The van der Waals surface area contributed by atoms with Crippen LogP contribution in [0, 0.1) is 0 Å². The van der Waals surface area contributed by atoms with E-state index in [-0.39, 0.29) is 0 Å². The standard InChI is InChI=1S/C11H20N4O/c1-4-12-6-7-15(5-2)10-8-13-9-11(14-10)16-3/h8-9,12H,4-7H2,1-3H3. The van der Waals surface area contributed by atoms with E-state index in [2.05, 4.69) is 34.0 Å². The predicted octanol–water partition coefficient (Wildman–Crippen LogP) is 0.921. The predicted molar refractivity (Wildman–Crippen MR) is 65.0 cm³/mol. The van der Waals surface area contributed by atoms with Crippen LogP contribution >= 0.6 is 0 Å². The van der Waals surface area contributed by atoms with Gasteiger partial charge in [-0.05, 0) is 13.5 Å². The Bertz CT molecular complexity index is 306. The van der Waals surface area contributed by atoms with Gasteiger partial charge in [0, 0.05) is 19.6 Å². The third-order valence-electron chi connectivity index (χ3n) is 2.32. The maximum Gasteiger partial charge on any atom is 0.233 e. The number of nitrogens with zero attached hydrogens (tertiary/aromatic N) is 3. The Hall–Kier alpha value is -1.36. The quantitative estimate of drug-likeness (QED) is 0.698. The monoisotopic (exact) mass is 224 g/mol. The minimum absolute atomic E-state index is 0.555. The van der Waals surface area contributed by atoms with Crippen molar-refractivity contribution in [1.29, 1.82) is 0 Å². The van der Waals surface area contributed by atoms with Gasteiger partial charge in [-0.2, -0.15) is 4.98 Å². The molecule has 0 aromatic carbocycles. The molecule has 0 bridgehead atoms. The van der Waals surface area contributed by atoms with Crippen molar-refractivity contribution >= 4 is 5.82 Å². The minimum Gasteiger partial charge on any atom is -0.480 e. The fourth-order valence-electron chi connectivity index (χ4n) is 1.41. The molecule has 0 radical (unpaired) electrons. The second kappa shape index (κ2) is 7.00. The summed E-state index contributed by atoms with van der Waals surface area (Å²) in [6.07, 6.45) is 3.37. The summed E-state index contributed by atoms with van der Waals surface area (Å²) in [5.41, 5.74) is 0. The second-order valence-electron chi connectivity index (χ2n) is 3.35. The Kier molecular flexibility index (Phi) is 5.56. The molecule has 90 valence electrons. The zero-order valence-electron chi connectivity index (χ0n) is 10.2. The molecule has 0 spiro atoms. The molecule has 1 aromatic heterocycles. The van der Waals surface area contributed by atoms with Crippen LogP contribution < -0.4 is 15.0 Å². The van der Waals surface area contributed by atoms with Crippen molar-refractivity contribution in [1.82, 2.24) is 15.3 Å². The van der Waals surface area contributed by atoms with E-state index in [1.54, 1.807) is 19.5 Å². The van der Waals surface area contributed by atoms with Crippen molar-refractivity contribution < 1.29 is 4.74 Å². The molecule has 1 aromatic rings. The summed E-state index contributed by atoms with van der Waals surface area (Å²) < 4.78 is 5.06. The Balaban J connectivity index is 2.62. The summed E-state index contributed by atoms with van der Waals surface area (Å²) in [7, 11) is 1.60. The van der Waals surface area contributed by atoms with Gasteiger partial charge in [-0.25, -0.2) is 0 Å². The Morgan fingerprint density at radius 1 is 1.38 bits per heavy atom. The second-order valence-corrected chi connectivity index (χ2v) is 3.35. The lowest BCUT2D eigenvalue weighted by Gasteiger charge is -2.21. The van der Waals surface area contributed by atoms with E-state index in [9.17, 15) is 0 Å². The summed E-state index contributed by atoms with van der Waals surface area (Å²) in [5.74, 6) is 1.42. The number of aromatic nitrogens is 2. The van der Waals surface area contributed by atoms with E-state index in [1.165, 1.54) is 0 Å². The highest BCUT2D eigenvalue weighted by Crippen LogP contribution is 2.12. The first-order valence-electron chi connectivity index (χ1n) is 5.63. The van der Waals surface area contributed by atoms with Crippen LogP contribution in [0.3, 0.4) is 0 Å². The molecule has 0 aliphatic rings. The largest absolute Gasteiger partial charge is 0.480 e. The van der Waals surface area contributed by atoms with Gasteiger partial charge in [0.05, 0.1) is 19.5 Å². The molecule has 0 saturated heterocycles. The molecule has 0 amide bonds. The van der Waals surface area contributed by atoms with E-state index in [1.807, 2.05) is 0 Å². The number of anilines is 1. The van der Waals surface area contributed by atoms with Crippen LogP contribution in [0.15, 0.2) is 12.4 Å². The zero-order valence-corrected chi connectivity index (χ0v) is 10.2. The molecule has 16 heavy (non-hydrogen) atoms. The highest BCUT2D eigenvalue weighted by Gasteiger charge is 2.06. The molecular weight excluding hydrogens is 204 g/mol. The van der Waals surface area contributed by atoms with Gasteiger partial charge >= 0.3 is 0 Å². The molecule has 0 unspecified atom stereocenters. The van der Waals surface area contributed by atoms with Crippen LogP contribution in [0.25, 0.3) is 0 Å². The van der Waals surface area contributed by atoms with E-state index in [0.717, 1.165) is 32.0 Å². The first-order valence-corrected chi connectivity index (χ1v) is 5.63. The van der Waals surface area contributed by atoms with Gasteiger partial charge in [-0.1, -0.05) is 6.92 Å². The molecule has 5 heteroatoms. The number of likely N-dealkylation sites (N-methyl/N-ethyl adjacent to an activating group) is 2. The average Bonchev–Trinajstić information content (AvgIpc) is 2.35. The zero-order chi connectivity index (χ0) is 11.8. The summed E-state index contributed by atoms with van der Waals surface area (Å²) >= 11 is 0. The molecular formula is C11H20N4O. The Morgan fingerprint density at radius 2 is 2.19 bits per heavy atom. The molecule has 1 N–H and O–H groups in total. The number of hydrogen-bond donors (Lipinski definition) is 1. The molecule has 1 heterocycles. The van der Waals surface area contributed by atoms with Crippen molar-refractivity contribution in [3.05, 3.63) is 12.4 Å². The van der Waals surface area contributed by atoms with Gasteiger partial charge in [0.25, 0.3) is 0 Å². The van der Waals surface area contributed by atoms with Crippen molar-refractivity contribution in [3.8, 4) is 5.88 Å². The summed E-state index contributed by atoms with van der Waals surface area (Å²) in [6.45, 7) is 7.97. The summed E-state index contributed by atoms with van der Waals surface area (Å²) in [4.78, 5) is 10.6. The van der Waals surface area contributed by atoms with Crippen molar-refractivity contribution in [3.63, 3.8) is 0 Å². The van der Waals surface area contributed by atoms with Crippen LogP contribution in [0.5, 0.6) is 5.88 Å². The van der Waals surface area contributed by atoms with Gasteiger partial charge < -0.3 is 15.0 Å². The SMILES string of the molecule is CCNCCN(CC)c1cncc(OC)n1. The first kappa shape index (κ1) is 12.7. The third-order valence-corrected chi connectivity index (χ3v) is 2.32. The Morgan fingerprint density at radius 3 is 2.81 bits per heavy atom. The van der Waals surface area contributed by atoms with Crippen molar-refractivity contribution in [2.75, 3.05) is 38.2 Å². The van der Waals surface area contributed by atoms with Gasteiger partial charge in [0.2, 0.25) is 5.88 Å². The molecule has 1 rings (SSSR count). The number of rotatable bonds is 7. The lowest BCUT2D eigenvalue weighted by molar-refractivity contribution is 0.395. The van der Waals surface area contributed by atoms with E-state index < -0.39 is 0 Å². The van der Waals surface area contributed by atoms with E-state index in [4.69, 9.17) is 4.74 Å².